The minimum atomic E-state index is 0. The fraction of sp³-hybridized carbons (Fsp3) is 0. The smallest absolute Gasteiger partial charge is 0.00366 e. The van der Waals surface area contributed by atoms with Gasteiger partial charge in [-0.3, -0.25) is 10.1 Å². The van der Waals surface area contributed by atoms with Crippen molar-refractivity contribution < 1.29 is 39.5 Å². The van der Waals surface area contributed by atoms with E-state index in [9.17, 15) is 0 Å². The maximum atomic E-state index is 8.12. The topological polar surface area (TPSA) is 54.1 Å². The van der Waals surface area contributed by atoms with Gasteiger partial charge in [0.05, 0.1) is 0 Å². The molecule has 0 aromatic carbocycles. The van der Waals surface area contributed by atoms with Gasteiger partial charge in [-0.25, -0.2) is 0 Å². The van der Waals surface area contributed by atoms with Gasteiger partial charge in [-0.15, -0.1) is 0 Å². The van der Waals surface area contributed by atoms with Gasteiger partial charge in [0.25, 0.3) is 0 Å². The zero-order valence-electron chi connectivity index (χ0n) is 2.19. The van der Waals surface area contributed by atoms with Crippen molar-refractivity contribution in [3.05, 3.63) is 10.1 Å². The van der Waals surface area contributed by atoms with Crippen LogP contribution < -0.4 is 17.7 Å². The Hall–Kier alpha value is 0.404. The summed E-state index contributed by atoms with van der Waals surface area (Å²) in [5, 5.41) is 8.38. The van der Waals surface area contributed by atoms with Crippen LogP contribution >= 0.6 is 0 Å². The standard InChI is InChI=1S/ClH.HNO2.Ti/c;2-1-3;/h1H;1H;/p-1. The summed E-state index contributed by atoms with van der Waals surface area (Å²) < 4.78 is 0. The third kappa shape index (κ3) is 156. The molecule has 0 bridgehead atoms. The summed E-state index contributed by atoms with van der Waals surface area (Å²) in [6, 6.07) is 0. The van der Waals surface area contributed by atoms with Gasteiger partial charge < -0.3 is 12.4 Å². The van der Waals surface area contributed by atoms with Crippen LogP contribution in [0.25, 0.3) is 0 Å². The Morgan fingerprint density at radius 3 is 1.60 bits per heavy atom. The molecule has 0 aliphatic rings. The van der Waals surface area contributed by atoms with Crippen LogP contribution in [0.5, 0.6) is 0 Å². The molecular weight excluding hydrogens is 129 g/mol. The van der Waals surface area contributed by atoms with Gasteiger partial charge in [0.1, 0.15) is 0 Å². The molecular formula is HClNO2Ti-. The molecule has 3 nitrogen and oxygen atoms in total. The van der Waals surface area contributed by atoms with Crippen molar-refractivity contribution in [3.8, 4) is 0 Å². The van der Waals surface area contributed by atoms with Crippen molar-refractivity contribution in [1.82, 2.24) is 0 Å². The molecule has 0 amide bonds. The first-order valence-corrected chi connectivity index (χ1v) is 0.408. The van der Waals surface area contributed by atoms with Crippen LogP contribution in [-0.2, 0) is 21.7 Å². The Balaban J connectivity index is -0.0000000200. The number of nitrogens with one attached hydrogen (secondary N) is 1. The second kappa shape index (κ2) is 25.9. The molecule has 0 aliphatic carbocycles. The van der Waals surface area contributed by atoms with E-state index < -0.39 is 0 Å². The van der Waals surface area contributed by atoms with E-state index in [4.69, 9.17) is 10.1 Å². The van der Waals surface area contributed by atoms with E-state index in [2.05, 4.69) is 0 Å². The van der Waals surface area contributed by atoms with Crippen LogP contribution in [0, 0.1) is 10.1 Å². The molecule has 0 rings (SSSR count). The van der Waals surface area contributed by atoms with Crippen LogP contribution in [0.4, 0.5) is 0 Å². The molecule has 0 atom stereocenters. The van der Waals surface area contributed by atoms with Crippen LogP contribution in [0.3, 0.4) is 0 Å². The van der Waals surface area contributed by atoms with E-state index in [0.29, 0.717) is 0 Å². The van der Waals surface area contributed by atoms with Crippen molar-refractivity contribution in [3.63, 3.8) is 0 Å². The average molecular weight is 130 g/mol. The third-order valence-electron chi connectivity index (χ3n) is 0. The molecule has 0 aromatic heterocycles. The average Bonchev–Trinajstić information content (AvgIpc) is 0.918. The van der Waals surface area contributed by atoms with Crippen molar-refractivity contribution in [2.75, 3.05) is 0 Å². The molecule has 0 saturated carbocycles. The number of halogens is 1. The zero-order chi connectivity index (χ0) is 2.71. The Labute approximate surface area is 50.0 Å². The van der Waals surface area contributed by atoms with Crippen LogP contribution in [0.15, 0.2) is 0 Å². The van der Waals surface area contributed by atoms with Gasteiger partial charge in [-0.1, -0.05) is 0 Å². The summed E-state index contributed by atoms with van der Waals surface area (Å²) in [5.41, 5.74) is 0. The van der Waals surface area contributed by atoms with E-state index in [1.54, 1.807) is 0 Å². The summed E-state index contributed by atoms with van der Waals surface area (Å²) in [4.78, 5) is 8.12. The van der Waals surface area contributed by atoms with E-state index >= 15 is 0 Å². The van der Waals surface area contributed by atoms with E-state index in [1.165, 1.54) is 0 Å². The first-order chi connectivity index (χ1) is 1.41. The number of rotatable bonds is 0. The van der Waals surface area contributed by atoms with Gasteiger partial charge in [0, 0.05) is 27.1 Å². The van der Waals surface area contributed by atoms with Crippen molar-refractivity contribution in [1.29, 1.82) is 0 Å². The largest absolute Gasteiger partial charge is 1.00 e. The number of hydrogen-bond donors (Lipinski definition) is 1. The summed E-state index contributed by atoms with van der Waals surface area (Å²) in [6.07, 6.45) is 0. The third-order valence-corrected chi connectivity index (χ3v) is 0. The zero-order valence-corrected chi connectivity index (χ0v) is 4.51. The SMILES string of the molecule is O=[NH+][O-].[Cl-].[Ti]. The Morgan fingerprint density at radius 1 is 1.60 bits per heavy atom. The summed E-state index contributed by atoms with van der Waals surface area (Å²) in [7, 11) is 0. The normalized spacial score (nSPS) is 2.40. The molecule has 0 spiro atoms. The quantitative estimate of drug-likeness (QED) is 0.204. The Kier molecular flexibility index (Phi) is 93.9. The second-order valence-electron chi connectivity index (χ2n) is 0.0833. The molecule has 0 unspecified atom stereocenters. The van der Waals surface area contributed by atoms with Gasteiger partial charge >= 0.3 is 0 Å². The fourth-order valence-corrected chi connectivity index (χ4v) is 0. The molecule has 30 valence electrons. The van der Waals surface area contributed by atoms with E-state index in [0.717, 1.165) is 0 Å². The molecule has 5 heavy (non-hydrogen) atoms. The van der Waals surface area contributed by atoms with Crippen molar-refractivity contribution >= 4 is 0 Å². The van der Waals surface area contributed by atoms with Crippen molar-refractivity contribution in [2.45, 2.75) is 0 Å². The minimum Gasteiger partial charge on any atom is -1.00 e. The van der Waals surface area contributed by atoms with Gasteiger partial charge in [-0.05, 0) is 0 Å². The van der Waals surface area contributed by atoms with Crippen LogP contribution in [-0.4, -0.2) is 0 Å². The van der Waals surface area contributed by atoms with Crippen molar-refractivity contribution in [2.24, 2.45) is 0 Å². The van der Waals surface area contributed by atoms with Gasteiger partial charge in [-0.2, -0.15) is 0 Å². The molecule has 0 saturated heterocycles. The first-order valence-electron chi connectivity index (χ1n) is 0.408. The Bertz CT molecular complexity index is 17.1. The van der Waals surface area contributed by atoms with Crippen LogP contribution in [0.2, 0.25) is 0 Å². The molecule has 1 N–H and O–H groups in total. The molecule has 5 heteroatoms. The molecule has 0 aliphatic heterocycles. The molecule has 0 heterocycles. The monoisotopic (exact) mass is 130 g/mol. The first kappa shape index (κ1) is 18.1. The van der Waals surface area contributed by atoms with Gasteiger partial charge in [0.15, 0.2) is 0 Å². The molecule has 0 radical (unpaired) electrons. The molecule has 0 fully saturated rings. The van der Waals surface area contributed by atoms with Gasteiger partial charge in [0.2, 0.25) is 0 Å². The Morgan fingerprint density at radius 2 is 1.60 bits per heavy atom. The van der Waals surface area contributed by atoms with E-state index in [-0.39, 0.29) is 39.5 Å². The molecule has 0 aromatic rings. The summed E-state index contributed by atoms with van der Waals surface area (Å²) >= 11 is 0. The maximum absolute atomic E-state index is 8.12. The van der Waals surface area contributed by atoms with Crippen LogP contribution in [0.1, 0.15) is 0 Å². The predicted octanol–water partition coefficient (Wildman–Crippen LogP) is -4.67. The minimum absolute atomic E-state index is 0. The predicted molar refractivity (Wildman–Crippen MR) is 7.70 cm³/mol. The fourth-order valence-electron chi connectivity index (χ4n) is 0. The number of hydrogen-bond acceptors (Lipinski definition) is 2. The summed E-state index contributed by atoms with van der Waals surface area (Å²) in [6.45, 7) is 0. The second-order valence-corrected chi connectivity index (χ2v) is 0.0833. The summed E-state index contributed by atoms with van der Waals surface area (Å²) in [5.74, 6) is 0. The maximum Gasteiger partial charge on any atom is 0.00366 e. The van der Waals surface area contributed by atoms with E-state index in [1.807, 2.05) is 0 Å².